The highest BCUT2D eigenvalue weighted by Gasteiger charge is 2.05. The molecule has 0 aromatic carbocycles. The molecule has 0 spiro atoms. The van der Waals surface area contributed by atoms with Crippen LogP contribution in [0, 0.1) is 6.92 Å². The van der Waals surface area contributed by atoms with Crippen LogP contribution in [0.1, 0.15) is 17.5 Å². The van der Waals surface area contributed by atoms with Crippen molar-refractivity contribution in [1.82, 2.24) is 4.98 Å². The minimum atomic E-state index is -1.12. The summed E-state index contributed by atoms with van der Waals surface area (Å²) in [4.78, 5) is 14.2. The van der Waals surface area contributed by atoms with Crippen molar-refractivity contribution in [2.24, 2.45) is 0 Å². The maximum atomic E-state index is 11.4. The number of hydrogen-bond acceptors (Lipinski definition) is 3. The molecule has 1 N–H and O–H groups in total. The van der Waals surface area contributed by atoms with E-state index < -0.39 is 16.8 Å². The summed E-state index contributed by atoms with van der Waals surface area (Å²) in [6, 6.07) is 1.91. The zero-order valence-corrected chi connectivity index (χ0v) is 9.29. The Labute approximate surface area is 90.8 Å². The SMILES string of the molecule is Cc1cncc(CS(=O)CCC(=O)O)c1. The normalized spacial score (nSPS) is 12.3. The maximum Gasteiger partial charge on any atom is 0.304 e. The highest BCUT2D eigenvalue weighted by Crippen LogP contribution is 2.05. The van der Waals surface area contributed by atoms with Gasteiger partial charge >= 0.3 is 5.97 Å². The van der Waals surface area contributed by atoms with E-state index in [0.717, 1.165) is 11.1 Å². The predicted molar refractivity (Wildman–Crippen MR) is 57.9 cm³/mol. The third kappa shape index (κ3) is 4.69. The van der Waals surface area contributed by atoms with Gasteiger partial charge < -0.3 is 5.11 Å². The smallest absolute Gasteiger partial charge is 0.304 e. The molecule has 0 radical (unpaired) electrons. The van der Waals surface area contributed by atoms with E-state index in [4.69, 9.17) is 5.11 Å². The Morgan fingerprint density at radius 1 is 1.53 bits per heavy atom. The number of carbonyl (C=O) groups is 1. The van der Waals surface area contributed by atoms with Crippen molar-refractivity contribution in [2.45, 2.75) is 19.1 Å². The van der Waals surface area contributed by atoms with Crippen LogP contribution in [0.15, 0.2) is 18.5 Å². The van der Waals surface area contributed by atoms with Gasteiger partial charge in [-0.2, -0.15) is 0 Å². The lowest BCUT2D eigenvalue weighted by molar-refractivity contribution is -0.136. The van der Waals surface area contributed by atoms with E-state index in [1.807, 2.05) is 13.0 Å². The van der Waals surface area contributed by atoms with E-state index in [1.54, 1.807) is 12.4 Å². The molecule has 1 unspecified atom stereocenters. The number of nitrogens with zero attached hydrogens (tertiary/aromatic N) is 1. The van der Waals surface area contributed by atoms with Crippen LogP contribution >= 0.6 is 0 Å². The molecule has 1 aromatic heterocycles. The fraction of sp³-hybridized carbons (Fsp3) is 0.400. The van der Waals surface area contributed by atoms with Crippen molar-refractivity contribution in [3.63, 3.8) is 0 Å². The van der Waals surface area contributed by atoms with Crippen LogP contribution in [0.2, 0.25) is 0 Å². The van der Waals surface area contributed by atoms with Crippen LogP contribution in [0.3, 0.4) is 0 Å². The van der Waals surface area contributed by atoms with Crippen LogP contribution in [0.4, 0.5) is 0 Å². The Kier molecular flexibility index (Phi) is 4.42. The Bertz CT molecular complexity index is 379. The maximum absolute atomic E-state index is 11.4. The van der Waals surface area contributed by atoms with E-state index in [2.05, 4.69) is 4.98 Å². The highest BCUT2D eigenvalue weighted by atomic mass is 32.2. The molecule has 1 heterocycles. The van der Waals surface area contributed by atoms with Gasteiger partial charge in [0.05, 0.1) is 12.2 Å². The van der Waals surface area contributed by atoms with Crippen molar-refractivity contribution in [1.29, 1.82) is 0 Å². The van der Waals surface area contributed by atoms with Gasteiger partial charge in [0.1, 0.15) is 0 Å². The summed E-state index contributed by atoms with van der Waals surface area (Å²) in [5, 5.41) is 8.43. The molecule has 1 atom stereocenters. The lowest BCUT2D eigenvalue weighted by atomic mass is 10.2. The third-order valence-corrected chi connectivity index (χ3v) is 3.12. The Balaban J connectivity index is 2.48. The molecule has 0 bridgehead atoms. The topological polar surface area (TPSA) is 67.3 Å². The van der Waals surface area contributed by atoms with Crippen LogP contribution < -0.4 is 0 Å². The number of aliphatic carboxylic acids is 1. The van der Waals surface area contributed by atoms with Crippen molar-refractivity contribution in [3.8, 4) is 0 Å². The zero-order valence-electron chi connectivity index (χ0n) is 8.47. The summed E-state index contributed by atoms with van der Waals surface area (Å²) in [5.74, 6) is -0.337. The van der Waals surface area contributed by atoms with Gasteiger partial charge in [0.15, 0.2) is 0 Å². The Morgan fingerprint density at radius 2 is 2.27 bits per heavy atom. The summed E-state index contributed by atoms with van der Waals surface area (Å²) in [6.07, 6.45) is 3.33. The molecule has 1 aromatic rings. The van der Waals surface area contributed by atoms with Crippen molar-refractivity contribution in [3.05, 3.63) is 29.6 Å². The summed E-state index contributed by atoms with van der Waals surface area (Å²) < 4.78 is 11.4. The highest BCUT2D eigenvalue weighted by molar-refractivity contribution is 7.84. The largest absolute Gasteiger partial charge is 0.481 e. The summed E-state index contributed by atoms with van der Waals surface area (Å²) in [5.41, 5.74) is 1.90. The first-order valence-electron chi connectivity index (χ1n) is 4.55. The van der Waals surface area contributed by atoms with E-state index in [0.29, 0.717) is 5.75 Å². The van der Waals surface area contributed by atoms with Gasteiger partial charge in [-0.3, -0.25) is 14.0 Å². The number of carboxylic acids is 1. The molecule has 0 saturated carbocycles. The van der Waals surface area contributed by atoms with Gasteiger partial charge in [-0.05, 0) is 18.1 Å². The summed E-state index contributed by atoms with van der Waals surface area (Å²) >= 11 is 0. The fourth-order valence-electron chi connectivity index (χ4n) is 1.16. The van der Waals surface area contributed by atoms with Crippen molar-refractivity contribution in [2.75, 3.05) is 5.75 Å². The molecular formula is C10H13NO3S. The van der Waals surface area contributed by atoms with Gasteiger partial charge in [-0.15, -0.1) is 0 Å². The molecule has 82 valence electrons. The lowest BCUT2D eigenvalue weighted by Crippen LogP contribution is -2.06. The second-order valence-corrected chi connectivity index (χ2v) is 4.88. The Hall–Kier alpha value is -1.23. The van der Waals surface area contributed by atoms with Crippen LogP contribution in [0.25, 0.3) is 0 Å². The Morgan fingerprint density at radius 3 is 2.87 bits per heavy atom. The van der Waals surface area contributed by atoms with Crippen LogP contribution in [0.5, 0.6) is 0 Å². The molecule has 4 nitrogen and oxygen atoms in total. The number of aromatic nitrogens is 1. The number of rotatable bonds is 5. The average molecular weight is 227 g/mol. The number of carboxylic acid groups (broad SMARTS) is 1. The van der Waals surface area contributed by atoms with E-state index in [9.17, 15) is 9.00 Å². The minimum Gasteiger partial charge on any atom is -0.481 e. The minimum absolute atomic E-state index is 0.0497. The number of pyridine rings is 1. The van der Waals surface area contributed by atoms with Gasteiger partial charge in [0, 0.05) is 28.9 Å². The van der Waals surface area contributed by atoms with Crippen molar-refractivity contribution >= 4 is 16.8 Å². The van der Waals surface area contributed by atoms with E-state index >= 15 is 0 Å². The van der Waals surface area contributed by atoms with Crippen LogP contribution in [-0.2, 0) is 21.3 Å². The standard InChI is InChI=1S/C10H13NO3S/c1-8-4-9(6-11-5-8)7-15(14)3-2-10(12)13/h4-6H,2-3,7H2,1H3,(H,12,13). The molecule has 0 amide bonds. The molecular weight excluding hydrogens is 214 g/mol. The predicted octanol–water partition coefficient (Wildman–Crippen LogP) is 1.11. The molecule has 0 aliphatic carbocycles. The van der Waals surface area contributed by atoms with Gasteiger partial charge in [-0.1, -0.05) is 6.07 Å². The molecule has 0 saturated heterocycles. The fourth-order valence-corrected chi connectivity index (χ4v) is 2.23. The molecule has 1 rings (SSSR count). The van der Waals surface area contributed by atoms with E-state index in [1.165, 1.54) is 0 Å². The second kappa shape index (κ2) is 5.60. The molecule has 5 heteroatoms. The first kappa shape index (κ1) is 11.8. The van der Waals surface area contributed by atoms with Gasteiger partial charge in [0.25, 0.3) is 0 Å². The summed E-state index contributed by atoms with van der Waals surface area (Å²) in [6.45, 7) is 1.91. The lowest BCUT2D eigenvalue weighted by Gasteiger charge is -2.01. The molecule has 0 aliphatic heterocycles. The average Bonchev–Trinajstić information content (AvgIpc) is 2.15. The second-order valence-electron chi connectivity index (χ2n) is 3.30. The molecule has 0 fully saturated rings. The molecule has 0 aliphatic rings. The van der Waals surface area contributed by atoms with E-state index in [-0.39, 0.29) is 12.2 Å². The van der Waals surface area contributed by atoms with Crippen LogP contribution in [-0.4, -0.2) is 26.0 Å². The quantitative estimate of drug-likeness (QED) is 0.818. The third-order valence-electron chi connectivity index (χ3n) is 1.80. The van der Waals surface area contributed by atoms with Gasteiger partial charge in [0.2, 0.25) is 0 Å². The zero-order chi connectivity index (χ0) is 11.3. The number of aryl methyl sites for hydroxylation is 1. The summed E-state index contributed by atoms with van der Waals surface area (Å²) in [7, 11) is -1.12. The van der Waals surface area contributed by atoms with Gasteiger partial charge in [-0.25, -0.2) is 0 Å². The van der Waals surface area contributed by atoms with Crippen molar-refractivity contribution < 1.29 is 14.1 Å². The first-order valence-corrected chi connectivity index (χ1v) is 6.04. The first-order chi connectivity index (χ1) is 7.08. The monoisotopic (exact) mass is 227 g/mol. The number of hydrogen-bond donors (Lipinski definition) is 1. The molecule has 15 heavy (non-hydrogen) atoms.